The van der Waals surface area contributed by atoms with Gasteiger partial charge in [0.05, 0.1) is 0 Å². The summed E-state index contributed by atoms with van der Waals surface area (Å²) in [5, 5.41) is 0. The van der Waals surface area contributed by atoms with E-state index in [4.69, 9.17) is 0 Å². The highest BCUT2D eigenvalue weighted by atomic mass is 16.2. The first-order valence-electron chi connectivity index (χ1n) is 7.63. The number of nitrogens with zero attached hydrogens (tertiary/aromatic N) is 2. The molecule has 0 saturated carbocycles. The van der Waals surface area contributed by atoms with Gasteiger partial charge in [-0.05, 0) is 54.8 Å². The van der Waals surface area contributed by atoms with Crippen LogP contribution >= 0.6 is 0 Å². The van der Waals surface area contributed by atoms with Gasteiger partial charge >= 0.3 is 0 Å². The lowest BCUT2D eigenvalue weighted by atomic mass is 10.0. The molecule has 22 heavy (non-hydrogen) atoms. The fourth-order valence-electron chi connectivity index (χ4n) is 3.50. The molecular formula is C19H18N2O. The molecule has 0 N–H and O–H groups in total. The van der Waals surface area contributed by atoms with Crippen molar-refractivity contribution in [2.75, 3.05) is 4.90 Å². The third-order valence-corrected chi connectivity index (χ3v) is 4.47. The van der Waals surface area contributed by atoms with Crippen LogP contribution < -0.4 is 4.90 Å². The van der Waals surface area contributed by atoms with Gasteiger partial charge in [-0.25, -0.2) is 0 Å². The molecule has 1 aliphatic rings. The molecule has 1 aromatic carbocycles. The Morgan fingerprint density at radius 3 is 2.77 bits per heavy atom. The van der Waals surface area contributed by atoms with Gasteiger partial charge in [0.15, 0.2) is 0 Å². The summed E-state index contributed by atoms with van der Waals surface area (Å²) >= 11 is 0. The number of rotatable bonds is 1. The zero-order chi connectivity index (χ0) is 15.3. The van der Waals surface area contributed by atoms with E-state index in [0.29, 0.717) is 0 Å². The lowest BCUT2D eigenvalue weighted by Crippen LogP contribution is -2.33. The molecule has 0 saturated heterocycles. The van der Waals surface area contributed by atoms with Crippen LogP contribution in [0.4, 0.5) is 5.69 Å². The molecule has 0 aliphatic carbocycles. The van der Waals surface area contributed by atoms with E-state index >= 15 is 0 Å². The maximum atomic E-state index is 11.8. The zero-order valence-electron chi connectivity index (χ0n) is 12.8. The molecule has 3 heterocycles. The van der Waals surface area contributed by atoms with Crippen molar-refractivity contribution in [1.29, 1.82) is 0 Å². The Balaban J connectivity index is 1.79. The number of amides is 1. The summed E-state index contributed by atoms with van der Waals surface area (Å²) in [7, 11) is 0. The Morgan fingerprint density at radius 1 is 1.14 bits per heavy atom. The van der Waals surface area contributed by atoms with Crippen molar-refractivity contribution >= 4 is 17.1 Å². The van der Waals surface area contributed by atoms with E-state index in [2.05, 4.69) is 54.0 Å². The lowest BCUT2D eigenvalue weighted by Gasteiger charge is -2.20. The average molecular weight is 290 g/mol. The topological polar surface area (TPSA) is 24.7 Å². The summed E-state index contributed by atoms with van der Waals surface area (Å²) in [6.45, 7) is 3.74. The Labute approximate surface area is 129 Å². The Kier molecular flexibility index (Phi) is 2.83. The summed E-state index contributed by atoms with van der Waals surface area (Å²) < 4.78 is 2.13. The molecule has 1 atom stereocenters. The maximum Gasteiger partial charge on any atom is 0.224 e. The van der Waals surface area contributed by atoms with E-state index < -0.39 is 0 Å². The highest BCUT2D eigenvalue weighted by molar-refractivity contribution is 5.95. The minimum Gasteiger partial charge on any atom is -0.323 e. The Bertz CT molecular complexity index is 845. The molecule has 1 amide bonds. The number of anilines is 1. The molecule has 4 rings (SSSR count). The monoisotopic (exact) mass is 290 g/mol. The highest BCUT2D eigenvalue weighted by Crippen LogP contribution is 2.35. The summed E-state index contributed by atoms with van der Waals surface area (Å²) in [4.78, 5) is 13.7. The number of benzene rings is 1. The predicted octanol–water partition coefficient (Wildman–Crippen LogP) is 3.90. The van der Waals surface area contributed by atoms with Crippen LogP contribution in [0.25, 0.3) is 16.6 Å². The average Bonchev–Trinajstić information content (AvgIpc) is 3.05. The predicted molar refractivity (Wildman–Crippen MR) is 89.2 cm³/mol. The van der Waals surface area contributed by atoms with Crippen molar-refractivity contribution in [2.45, 2.75) is 26.3 Å². The largest absolute Gasteiger partial charge is 0.323 e. The van der Waals surface area contributed by atoms with Crippen molar-refractivity contribution in [3.05, 3.63) is 60.4 Å². The molecule has 3 aromatic rings. The maximum absolute atomic E-state index is 11.8. The molecule has 0 unspecified atom stereocenters. The number of hydrogen-bond acceptors (Lipinski definition) is 1. The number of carbonyl (C=O) groups excluding carboxylic acids is 1. The van der Waals surface area contributed by atoms with Gasteiger partial charge in [0.2, 0.25) is 5.91 Å². The van der Waals surface area contributed by atoms with Crippen LogP contribution in [-0.2, 0) is 11.2 Å². The van der Waals surface area contributed by atoms with Gasteiger partial charge in [0.1, 0.15) is 0 Å². The second kappa shape index (κ2) is 4.73. The second-order valence-corrected chi connectivity index (χ2v) is 6.05. The van der Waals surface area contributed by atoms with E-state index in [1.807, 2.05) is 17.0 Å². The van der Waals surface area contributed by atoms with Crippen molar-refractivity contribution in [3.63, 3.8) is 0 Å². The van der Waals surface area contributed by atoms with Crippen LogP contribution in [0, 0.1) is 0 Å². The number of pyridine rings is 1. The molecule has 0 fully saturated rings. The minimum absolute atomic E-state index is 0.119. The van der Waals surface area contributed by atoms with Gasteiger partial charge in [-0.15, -0.1) is 0 Å². The molecule has 3 heteroatoms. The third-order valence-electron chi connectivity index (χ3n) is 4.47. The van der Waals surface area contributed by atoms with Crippen LogP contribution in [-0.4, -0.2) is 16.3 Å². The van der Waals surface area contributed by atoms with Crippen molar-refractivity contribution in [1.82, 2.24) is 4.40 Å². The van der Waals surface area contributed by atoms with Crippen molar-refractivity contribution < 1.29 is 4.79 Å². The number of carbonyl (C=O) groups is 1. The van der Waals surface area contributed by atoms with E-state index in [0.717, 1.165) is 12.1 Å². The number of fused-ring (bicyclic) bond motifs is 2. The summed E-state index contributed by atoms with van der Waals surface area (Å²) in [5.41, 5.74) is 5.93. The van der Waals surface area contributed by atoms with Crippen LogP contribution in [0.15, 0.2) is 54.9 Å². The number of hydrogen-bond donors (Lipinski definition) is 0. The lowest BCUT2D eigenvalue weighted by molar-refractivity contribution is -0.116. The Hall–Kier alpha value is -2.55. The van der Waals surface area contributed by atoms with Crippen LogP contribution in [0.5, 0.6) is 0 Å². The third kappa shape index (κ3) is 1.93. The standard InChI is InChI=1S/C19H18N2O/c1-13-9-16-10-15(6-7-19(16)21(13)14(2)22)17-11-18-5-3-4-8-20(18)12-17/h3-8,10-13H,9H2,1-2H3/t13-/m0/s1. The normalized spacial score (nSPS) is 17.0. The van der Waals surface area contributed by atoms with E-state index in [1.54, 1.807) is 6.92 Å². The smallest absolute Gasteiger partial charge is 0.224 e. The van der Waals surface area contributed by atoms with Gasteiger partial charge in [-0.1, -0.05) is 12.1 Å². The molecule has 0 bridgehead atoms. The van der Waals surface area contributed by atoms with Crippen molar-refractivity contribution in [2.24, 2.45) is 0 Å². The van der Waals surface area contributed by atoms with Gasteiger partial charge in [0.25, 0.3) is 0 Å². The van der Waals surface area contributed by atoms with E-state index in [-0.39, 0.29) is 11.9 Å². The SMILES string of the molecule is CC(=O)N1c2ccc(-c3cc4ccccn4c3)cc2C[C@@H]1C. The molecule has 0 radical (unpaired) electrons. The quantitative estimate of drug-likeness (QED) is 0.667. The number of aromatic nitrogens is 1. The molecule has 0 spiro atoms. The molecule has 1 aliphatic heterocycles. The first-order valence-corrected chi connectivity index (χ1v) is 7.63. The summed E-state index contributed by atoms with van der Waals surface area (Å²) in [6, 6.07) is 15.1. The van der Waals surface area contributed by atoms with Crippen molar-refractivity contribution in [3.8, 4) is 11.1 Å². The van der Waals surface area contributed by atoms with Gasteiger partial charge < -0.3 is 9.30 Å². The Morgan fingerprint density at radius 2 is 2.00 bits per heavy atom. The molecule has 2 aromatic heterocycles. The molecule has 3 nitrogen and oxygen atoms in total. The fraction of sp³-hybridized carbons (Fsp3) is 0.211. The fourth-order valence-corrected chi connectivity index (χ4v) is 3.50. The van der Waals surface area contributed by atoms with Gasteiger partial charge in [-0.2, -0.15) is 0 Å². The van der Waals surface area contributed by atoms with E-state index in [1.165, 1.54) is 22.2 Å². The van der Waals surface area contributed by atoms with Gasteiger partial charge in [0, 0.05) is 42.1 Å². The van der Waals surface area contributed by atoms with Crippen LogP contribution in [0.3, 0.4) is 0 Å². The van der Waals surface area contributed by atoms with E-state index in [9.17, 15) is 4.79 Å². The van der Waals surface area contributed by atoms with Crippen LogP contribution in [0.1, 0.15) is 19.4 Å². The van der Waals surface area contributed by atoms with Gasteiger partial charge in [-0.3, -0.25) is 4.79 Å². The summed E-state index contributed by atoms with van der Waals surface area (Å²) in [6.07, 6.45) is 5.14. The molecular weight excluding hydrogens is 272 g/mol. The molecule has 110 valence electrons. The minimum atomic E-state index is 0.119. The van der Waals surface area contributed by atoms with Crippen LogP contribution in [0.2, 0.25) is 0 Å². The zero-order valence-corrected chi connectivity index (χ0v) is 12.8. The summed E-state index contributed by atoms with van der Waals surface area (Å²) in [5.74, 6) is 0.119. The second-order valence-electron chi connectivity index (χ2n) is 6.05. The first-order chi connectivity index (χ1) is 10.6. The highest BCUT2D eigenvalue weighted by Gasteiger charge is 2.28. The first kappa shape index (κ1) is 13.1.